The third-order valence-corrected chi connectivity index (χ3v) is 6.38. The number of ether oxygens (including phenoxy) is 2. The number of sulfonamides is 1. The van der Waals surface area contributed by atoms with Gasteiger partial charge in [-0.1, -0.05) is 6.07 Å². The number of nitrogens with two attached hydrogens (primary N) is 1. The van der Waals surface area contributed by atoms with Crippen LogP contribution in [-0.2, 0) is 29.1 Å². The smallest absolute Gasteiger partial charge is 0.324 e. The highest BCUT2D eigenvalue weighted by molar-refractivity contribution is 7.89. The minimum absolute atomic E-state index is 0.0519. The van der Waals surface area contributed by atoms with Gasteiger partial charge in [0.2, 0.25) is 10.0 Å². The molecule has 5 N–H and O–H groups in total. The summed E-state index contributed by atoms with van der Waals surface area (Å²) in [4.78, 5) is 37.6. The number of carbonyl (C=O) groups is 3. The molecular formula is C27H36N4O7S. The zero-order valence-corrected chi connectivity index (χ0v) is 23.8. The number of amidine groups is 1. The predicted octanol–water partition coefficient (Wildman–Crippen LogP) is 3.33. The molecule has 0 aliphatic heterocycles. The maximum Gasteiger partial charge on any atom is 0.324 e. The molecule has 2 rings (SSSR count). The van der Waals surface area contributed by atoms with E-state index in [0.29, 0.717) is 11.3 Å². The van der Waals surface area contributed by atoms with Gasteiger partial charge in [0.05, 0.1) is 4.90 Å². The molecule has 212 valence electrons. The van der Waals surface area contributed by atoms with Crippen LogP contribution in [0.3, 0.4) is 0 Å². The number of nitrogens with one attached hydrogen (secondary N) is 3. The maximum atomic E-state index is 13.2. The molecule has 0 saturated carbocycles. The molecule has 0 fully saturated rings. The zero-order valence-electron chi connectivity index (χ0n) is 23.0. The Balaban J connectivity index is 2.23. The minimum Gasteiger partial charge on any atom is -0.460 e. The molecule has 0 bridgehead atoms. The molecule has 0 radical (unpaired) electrons. The van der Waals surface area contributed by atoms with Gasteiger partial charge in [0, 0.05) is 23.2 Å². The second-order valence-electron chi connectivity index (χ2n) is 10.8. The fourth-order valence-electron chi connectivity index (χ4n) is 3.25. The van der Waals surface area contributed by atoms with E-state index in [-0.39, 0.29) is 29.1 Å². The lowest BCUT2D eigenvalue weighted by Gasteiger charge is -2.25. The van der Waals surface area contributed by atoms with Crippen molar-refractivity contribution in [3.8, 4) is 0 Å². The van der Waals surface area contributed by atoms with Gasteiger partial charge in [0.15, 0.2) is 0 Å². The first-order valence-corrected chi connectivity index (χ1v) is 13.7. The molecule has 2 aromatic rings. The monoisotopic (exact) mass is 560 g/mol. The summed E-state index contributed by atoms with van der Waals surface area (Å²) in [6, 6.07) is 10.2. The van der Waals surface area contributed by atoms with Gasteiger partial charge >= 0.3 is 11.9 Å². The molecule has 0 saturated heterocycles. The van der Waals surface area contributed by atoms with Gasteiger partial charge in [-0.15, -0.1) is 0 Å². The lowest BCUT2D eigenvalue weighted by Crippen LogP contribution is -2.44. The van der Waals surface area contributed by atoms with Crippen molar-refractivity contribution in [2.24, 2.45) is 5.73 Å². The predicted molar refractivity (Wildman–Crippen MR) is 147 cm³/mol. The molecule has 0 aromatic heterocycles. The first-order chi connectivity index (χ1) is 17.9. The Morgan fingerprint density at radius 1 is 0.923 bits per heavy atom. The number of nitrogen functional groups attached to an aromatic ring is 1. The van der Waals surface area contributed by atoms with Crippen LogP contribution in [0.2, 0.25) is 0 Å². The SMILES string of the molecule is CC(C)(C)OC(=O)CC[C@H](NS(=O)(=O)c1cccc(C(=O)Nc2ccc(C(=N)N)cc2)c1)C(=O)OC(C)(C)C. The summed E-state index contributed by atoms with van der Waals surface area (Å²) < 4.78 is 39.4. The largest absolute Gasteiger partial charge is 0.460 e. The first kappa shape index (κ1) is 31.4. The van der Waals surface area contributed by atoms with E-state index in [9.17, 15) is 22.8 Å². The third kappa shape index (κ3) is 10.5. The number of benzene rings is 2. The fourth-order valence-corrected chi connectivity index (χ4v) is 4.51. The van der Waals surface area contributed by atoms with E-state index in [1.54, 1.807) is 65.8 Å². The summed E-state index contributed by atoms with van der Waals surface area (Å²) in [5.41, 5.74) is 4.76. The number of amides is 1. The summed E-state index contributed by atoms with van der Waals surface area (Å²) in [7, 11) is -4.31. The van der Waals surface area contributed by atoms with Crippen LogP contribution >= 0.6 is 0 Å². The summed E-state index contributed by atoms with van der Waals surface area (Å²) in [6.07, 6.45) is -0.423. The van der Waals surface area contributed by atoms with Crippen LogP contribution in [0.5, 0.6) is 0 Å². The van der Waals surface area contributed by atoms with Crippen LogP contribution in [0.4, 0.5) is 5.69 Å². The van der Waals surface area contributed by atoms with Crippen molar-refractivity contribution < 1.29 is 32.3 Å². The highest BCUT2D eigenvalue weighted by Crippen LogP contribution is 2.18. The van der Waals surface area contributed by atoms with E-state index in [0.717, 1.165) is 0 Å². The quantitative estimate of drug-likeness (QED) is 0.194. The highest BCUT2D eigenvalue weighted by Gasteiger charge is 2.31. The Hall–Kier alpha value is -3.77. The van der Waals surface area contributed by atoms with E-state index in [2.05, 4.69) is 10.0 Å². The fraction of sp³-hybridized carbons (Fsp3) is 0.407. The van der Waals surface area contributed by atoms with Gasteiger partial charge in [0.1, 0.15) is 23.1 Å². The Morgan fingerprint density at radius 3 is 2.05 bits per heavy atom. The molecule has 0 heterocycles. The summed E-state index contributed by atoms with van der Waals surface area (Å²) in [5, 5.41) is 10.1. The second-order valence-corrected chi connectivity index (χ2v) is 12.5. The molecule has 0 aliphatic carbocycles. The Kier molecular flexibility index (Phi) is 9.99. The zero-order chi connectivity index (χ0) is 29.6. The number of carbonyl (C=O) groups excluding carboxylic acids is 3. The molecule has 0 aliphatic rings. The van der Waals surface area contributed by atoms with E-state index < -0.39 is 45.1 Å². The van der Waals surface area contributed by atoms with Crippen molar-refractivity contribution in [2.75, 3.05) is 5.32 Å². The van der Waals surface area contributed by atoms with Gasteiger partial charge in [-0.05, 0) is 90.4 Å². The second kappa shape index (κ2) is 12.4. The highest BCUT2D eigenvalue weighted by atomic mass is 32.2. The lowest BCUT2D eigenvalue weighted by atomic mass is 10.1. The molecule has 0 spiro atoms. The van der Waals surface area contributed by atoms with Gasteiger partial charge in [-0.2, -0.15) is 4.72 Å². The topological polar surface area (TPSA) is 178 Å². The van der Waals surface area contributed by atoms with Gasteiger partial charge < -0.3 is 20.5 Å². The Labute approximate surface area is 229 Å². The van der Waals surface area contributed by atoms with Crippen LogP contribution < -0.4 is 15.8 Å². The van der Waals surface area contributed by atoms with E-state index in [1.807, 2.05) is 0 Å². The van der Waals surface area contributed by atoms with Crippen molar-refractivity contribution in [2.45, 2.75) is 76.5 Å². The van der Waals surface area contributed by atoms with Gasteiger partial charge in [-0.3, -0.25) is 19.8 Å². The van der Waals surface area contributed by atoms with Crippen molar-refractivity contribution >= 4 is 39.4 Å². The standard InChI is InChI=1S/C27H36N4O7S/c1-26(2,3)37-22(32)15-14-21(25(34)38-27(4,5)6)31-39(35,36)20-9-7-8-18(16-20)24(33)30-19-12-10-17(11-13-19)23(28)29/h7-13,16,21,31H,14-15H2,1-6H3,(H3,28,29)(H,30,33)/t21-/m0/s1. The number of hydrogen-bond donors (Lipinski definition) is 4. The molecule has 1 amide bonds. The lowest BCUT2D eigenvalue weighted by molar-refractivity contribution is -0.158. The van der Waals surface area contributed by atoms with Crippen molar-refractivity contribution in [1.29, 1.82) is 5.41 Å². The molecule has 0 unspecified atom stereocenters. The normalized spacial score (nSPS) is 12.8. The average molecular weight is 561 g/mol. The average Bonchev–Trinajstić information content (AvgIpc) is 2.80. The van der Waals surface area contributed by atoms with Crippen LogP contribution in [0.15, 0.2) is 53.4 Å². The van der Waals surface area contributed by atoms with E-state index in [4.69, 9.17) is 20.6 Å². The molecule has 39 heavy (non-hydrogen) atoms. The molecule has 12 heteroatoms. The van der Waals surface area contributed by atoms with Gasteiger partial charge in [-0.25, -0.2) is 8.42 Å². The number of esters is 2. The van der Waals surface area contributed by atoms with Crippen molar-refractivity contribution in [1.82, 2.24) is 4.72 Å². The molecular weight excluding hydrogens is 524 g/mol. The van der Waals surface area contributed by atoms with Crippen molar-refractivity contribution in [3.63, 3.8) is 0 Å². The number of anilines is 1. The summed E-state index contributed by atoms with van der Waals surface area (Å²) in [6.45, 7) is 10.0. The molecule has 1 atom stereocenters. The third-order valence-electron chi connectivity index (χ3n) is 4.91. The summed E-state index contributed by atoms with van der Waals surface area (Å²) in [5.74, 6) is -2.13. The minimum atomic E-state index is -4.31. The van der Waals surface area contributed by atoms with Crippen LogP contribution in [-0.4, -0.2) is 49.3 Å². The number of hydrogen-bond acceptors (Lipinski definition) is 8. The maximum absolute atomic E-state index is 13.2. The van der Waals surface area contributed by atoms with Crippen LogP contribution in [0.25, 0.3) is 0 Å². The molecule has 2 aromatic carbocycles. The van der Waals surface area contributed by atoms with E-state index in [1.165, 1.54) is 24.3 Å². The van der Waals surface area contributed by atoms with E-state index >= 15 is 0 Å². The molecule has 11 nitrogen and oxygen atoms in total. The van der Waals surface area contributed by atoms with Crippen LogP contribution in [0, 0.1) is 5.41 Å². The van der Waals surface area contributed by atoms with Crippen molar-refractivity contribution in [3.05, 3.63) is 59.7 Å². The van der Waals surface area contributed by atoms with Gasteiger partial charge in [0.25, 0.3) is 5.91 Å². The summed E-state index contributed by atoms with van der Waals surface area (Å²) >= 11 is 0. The van der Waals surface area contributed by atoms with Crippen LogP contribution in [0.1, 0.15) is 70.3 Å². The number of rotatable bonds is 10. The first-order valence-electron chi connectivity index (χ1n) is 12.2. The Bertz CT molecular complexity index is 1330. The Morgan fingerprint density at radius 2 is 1.51 bits per heavy atom.